The van der Waals surface area contributed by atoms with E-state index in [0.29, 0.717) is 12.0 Å². The van der Waals surface area contributed by atoms with Crippen LogP contribution in [-0.4, -0.2) is 19.8 Å². The predicted octanol–water partition coefficient (Wildman–Crippen LogP) is 2.36. The second kappa shape index (κ2) is 5.33. The highest BCUT2D eigenvalue weighted by atomic mass is 16.5. The molecule has 1 aliphatic heterocycles. The molecule has 15 heavy (non-hydrogen) atoms. The fourth-order valence-electron chi connectivity index (χ4n) is 2.12. The zero-order valence-corrected chi connectivity index (χ0v) is 9.24. The van der Waals surface area contributed by atoms with Crippen LogP contribution in [0.1, 0.15) is 31.4 Å². The predicted molar refractivity (Wildman–Crippen MR) is 58.7 cm³/mol. The Labute approximate surface area is 90.8 Å². The molecule has 0 bridgehead atoms. The van der Waals surface area contributed by atoms with Crippen LogP contribution in [0.15, 0.2) is 23.0 Å². The SMILES string of the molecule is CCCNC(c1ccoc1)C1CCOC1. The molecular formula is C12H19NO2. The van der Waals surface area contributed by atoms with Crippen molar-refractivity contribution in [1.29, 1.82) is 0 Å². The standard InChI is InChI=1S/C12H19NO2/c1-2-5-13-12(10-3-6-14-8-10)11-4-7-15-9-11/h3,6,8,11-13H,2,4-5,7,9H2,1H3. The molecule has 0 spiro atoms. The molecule has 3 heteroatoms. The molecule has 1 aliphatic rings. The van der Waals surface area contributed by atoms with Crippen LogP contribution in [0.25, 0.3) is 0 Å². The first kappa shape index (κ1) is 10.7. The minimum atomic E-state index is 0.395. The first-order chi connectivity index (χ1) is 7.42. The van der Waals surface area contributed by atoms with Crippen LogP contribution in [0.5, 0.6) is 0 Å². The summed E-state index contributed by atoms with van der Waals surface area (Å²) in [5.74, 6) is 0.592. The molecule has 0 amide bonds. The van der Waals surface area contributed by atoms with E-state index in [9.17, 15) is 0 Å². The topological polar surface area (TPSA) is 34.4 Å². The van der Waals surface area contributed by atoms with Gasteiger partial charge < -0.3 is 14.5 Å². The van der Waals surface area contributed by atoms with Crippen molar-refractivity contribution in [3.8, 4) is 0 Å². The number of ether oxygens (including phenoxy) is 1. The third-order valence-electron chi connectivity index (χ3n) is 2.95. The molecule has 1 aromatic rings. The summed E-state index contributed by atoms with van der Waals surface area (Å²) >= 11 is 0. The minimum absolute atomic E-state index is 0.395. The van der Waals surface area contributed by atoms with Gasteiger partial charge in [0.15, 0.2) is 0 Å². The highest BCUT2D eigenvalue weighted by molar-refractivity contribution is 5.13. The van der Waals surface area contributed by atoms with Gasteiger partial charge in [-0.05, 0) is 25.5 Å². The van der Waals surface area contributed by atoms with Crippen molar-refractivity contribution in [2.75, 3.05) is 19.8 Å². The summed E-state index contributed by atoms with van der Waals surface area (Å²) in [6.45, 7) is 5.00. The van der Waals surface area contributed by atoms with E-state index in [1.165, 1.54) is 5.56 Å². The first-order valence-corrected chi connectivity index (χ1v) is 5.75. The summed E-state index contributed by atoms with van der Waals surface area (Å²) in [7, 11) is 0. The Kier molecular flexibility index (Phi) is 3.80. The van der Waals surface area contributed by atoms with E-state index in [4.69, 9.17) is 9.15 Å². The molecule has 2 heterocycles. The highest BCUT2D eigenvalue weighted by Crippen LogP contribution is 2.28. The van der Waals surface area contributed by atoms with E-state index in [0.717, 1.165) is 32.6 Å². The van der Waals surface area contributed by atoms with Gasteiger partial charge >= 0.3 is 0 Å². The van der Waals surface area contributed by atoms with Crippen molar-refractivity contribution in [2.45, 2.75) is 25.8 Å². The number of hydrogen-bond donors (Lipinski definition) is 1. The Bertz CT molecular complexity index is 265. The second-order valence-corrected chi connectivity index (χ2v) is 4.11. The van der Waals surface area contributed by atoms with E-state index in [-0.39, 0.29) is 0 Å². The average molecular weight is 209 g/mol. The summed E-state index contributed by atoms with van der Waals surface area (Å²) in [5.41, 5.74) is 1.25. The molecule has 1 aromatic heterocycles. The summed E-state index contributed by atoms with van der Waals surface area (Å²) in [6, 6.07) is 2.44. The van der Waals surface area contributed by atoms with Crippen LogP contribution in [0, 0.1) is 5.92 Å². The lowest BCUT2D eigenvalue weighted by Crippen LogP contribution is -2.29. The van der Waals surface area contributed by atoms with Crippen LogP contribution in [0.3, 0.4) is 0 Å². The largest absolute Gasteiger partial charge is 0.472 e. The van der Waals surface area contributed by atoms with Crippen molar-refractivity contribution in [1.82, 2.24) is 5.32 Å². The van der Waals surface area contributed by atoms with Crippen LogP contribution >= 0.6 is 0 Å². The van der Waals surface area contributed by atoms with Gasteiger partial charge in [-0.1, -0.05) is 6.92 Å². The fourth-order valence-corrected chi connectivity index (χ4v) is 2.12. The van der Waals surface area contributed by atoms with Gasteiger partial charge in [-0.2, -0.15) is 0 Å². The summed E-state index contributed by atoms with van der Waals surface area (Å²) in [6.07, 6.45) is 5.88. The smallest absolute Gasteiger partial charge is 0.0950 e. The van der Waals surface area contributed by atoms with Gasteiger partial charge in [0.25, 0.3) is 0 Å². The maximum absolute atomic E-state index is 5.45. The van der Waals surface area contributed by atoms with E-state index < -0.39 is 0 Å². The molecule has 2 atom stereocenters. The van der Waals surface area contributed by atoms with Crippen molar-refractivity contribution in [3.63, 3.8) is 0 Å². The normalized spacial score (nSPS) is 23.1. The third kappa shape index (κ3) is 2.61. The lowest BCUT2D eigenvalue weighted by atomic mass is 9.94. The van der Waals surface area contributed by atoms with Crippen molar-refractivity contribution in [3.05, 3.63) is 24.2 Å². The monoisotopic (exact) mass is 209 g/mol. The molecule has 2 rings (SSSR count). The van der Waals surface area contributed by atoms with Crippen molar-refractivity contribution in [2.24, 2.45) is 5.92 Å². The Morgan fingerprint density at radius 1 is 1.60 bits per heavy atom. The molecule has 0 radical (unpaired) electrons. The number of nitrogens with one attached hydrogen (secondary N) is 1. The van der Waals surface area contributed by atoms with Crippen molar-refractivity contribution >= 4 is 0 Å². The fraction of sp³-hybridized carbons (Fsp3) is 0.667. The van der Waals surface area contributed by atoms with E-state index in [1.54, 1.807) is 6.26 Å². The molecule has 3 nitrogen and oxygen atoms in total. The molecule has 0 saturated carbocycles. The van der Waals surface area contributed by atoms with Crippen LogP contribution in [0.2, 0.25) is 0 Å². The van der Waals surface area contributed by atoms with Crippen molar-refractivity contribution < 1.29 is 9.15 Å². The zero-order chi connectivity index (χ0) is 10.5. The van der Waals surface area contributed by atoms with Crippen LogP contribution in [0.4, 0.5) is 0 Å². The Balaban J connectivity index is 2.01. The Morgan fingerprint density at radius 2 is 2.53 bits per heavy atom. The maximum Gasteiger partial charge on any atom is 0.0950 e. The first-order valence-electron chi connectivity index (χ1n) is 5.75. The third-order valence-corrected chi connectivity index (χ3v) is 2.95. The second-order valence-electron chi connectivity index (χ2n) is 4.11. The van der Waals surface area contributed by atoms with Gasteiger partial charge in [0.05, 0.1) is 19.1 Å². The molecule has 1 N–H and O–H groups in total. The van der Waals surface area contributed by atoms with E-state index in [2.05, 4.69) is 12.2 Å². The van der Waals surface area contributed by atoms with Gasteiger partial charge in [-0.3, -0.25) is 0 Å². The Morgan fingerprint density at radius 3 is 3.13 bits per heavy atom. The number of rotatable bonds is 5. The summed E-state index contributed by atoms with van der Waals surface area (Å²) in [4.78, 5) is 0. The lowest BCUT2D eigenvalue weighted by Gasteiger charge is -2.22. The highest BCUT2D eigenvalue weighted by Gasteiger charge is 2.26. The zero-order valence-electron chi connectivity index (χ0n) is 9.24. The number of hydrogen-bond acceptors (Lipinski definition) is 3. The van der Waals surface area contributed by atoms with Crippen LogP contribution in [-0.2, 0) is 4.74 Å². The van der Waals surface area contributed by atoms with E-state index in [1.807, 2.05) is 12.3 Å². The lowest BCUT2D eigenvalue weighted by molar-refractivity contribution is 0.176. The number of furan rings is 1. The van der Waals surface area contributed by atoms with Crippen LogP contribution < -0.4 is 5.32 Å². The van der Waals surface area contributed by atoms with Gasteiger partial charge in [-0.25, -0.2) is 0 Å². The van der Waals surface area contributed by atoms with Gasteiger partial charge in [0.1, 0.15) is 0 Å². The molecule has 0 aromatic carbocycles. The summed E-state index contributed by atoms with van der Waals surface area (Å²) in [5, 5.41) is 3.57. The minimum Gasteiger partial charge on any atom is -0.472 e. The average Bonchev–Trinajstić information content (AvgIpc) is 2.90. The van der Waals surface area contributed by atoms with Gasteiger partial charge in [0, 0.05) is 24.1 Å². The van der Waals surface area contributed by atoms with Gasteiger partial charge in [0.2, 0.25) is 0 Å². The Hall–Kier alpha value is -0.800. The molecule has 2 unspecified atom stereocenters. The van der Waals surface area contributed by atoms with E-state index >= 15 is 0 Å². The maximum atomic E-state index is 5.45. The molecule has 0 aliphatic carbocycles. The summed E-state index contributed by atoms with van der Waals surface area (Å²) < 4.78 is 10.6. The molecule has 1 saturated heterocycles. The molecular weight excluding hydrogens is 190 g/mol. The quantitative estimate of drug-likeness (QED) is 0.808. The molecule has 84 valence electrons. The van der Waals surface area contributed by atoms with Gasteiger partial charge in [-0.15, -0.1) is 0 Å². The molecule has 1 fully saturated rings.